The van der Waals surface area contributed by atoms with Crippen LogP contribution in [0.5, 0.6) is 0 Å². The van der Waals surface area contributed by atoms with E-state index in [2.05, 4.69) is 58.1 Å². The predicted molar refractivity (Wildman–Crippen MR) is 270 cm³/mol. The molecule has 0 aliphatic rings. The molecule has 0 fully saturated rings. The molecule has 1 atom stereocenters. The first-order chi connectivity index (χ1) is 29.2. The first kappa shape index (κ1) is 63.8. The highest BCUT2D eigenvalue weighted by Gasteiger charge is 2.10. The number of rotatable bonds is 45. The maximum Gasteiger partial charge on any atom is 0.119 e. The van der Waals surface area contributed by atoms with E-state index in [1.54, 1.807) is 0 Å². The van der Waals surface area contributed by atoms with Crippen molar-refractivity contribution in [3.8, 4) is 0 Å². The van der Waals surface area contributed by atoms with E-state index in [0.717, 1.165) is 50.4 Å². The zero-order valence-electron chi connectivity index (χ0n) is 42.4. The van der Waals surface area contributed by atoms with E-state index >= 15 is 0 Å². The highest BCUT2D eigenvalue weighted by molar-refractivity contribution is 7.97. The Morgan fingerprint density at radius 3 is 1.15 bits per heavy atom. The first-order valence-corrected chi connectivity index (χ1v) is 27.2. The lowest BCUT2D eigenvalue weighted by molar-refractivity contribution is -0.108. The molecule has 0 bridgehead atoms. The van der Waals surface area contributed by atoms with E-state index in [0.29, 0.717) is 12.2 Å². The molecule has 7 heteroatoms. The van der Waals surface area contributed by atoms with Gasteiger partial charge in [0.25, 0.3) is 0 Å². The maximum absolute atomic E-state index is 10.4. The molecule has 0 aromatic rings. The third-order valence-corrected chi connectivity index (χ3v) is 12.7. The van der Waals surface area contributed by atoms with Gasteiger partial charge in [-0.2, -0.15) is 0 Å². The topological polar surface area (TPSA) is 67.9 Å². The summed E-state index contributed by atoms with van der Waals surface area (Å²) in [7, 11) is 3.71. The monoisotopic (exact) mass is 871 g/mol. The Morgan fingerprint density at radius 2 is 0.800 bits per heavy atom. The molecule has 0 heterocycles. The molecule has 0 radical (unpaired) electrons. The van der Waals surface area contributed by atoms with Gasteiger partial charge in [0.15, 0.2) is 0 Å². The van der Waals surface area contributed by atoms with Crippen LogP contribution in [0.2, 0.25) is 0 Å². The van der Waals surface area contributed by atoms with Crippen molar-refractivity contribution in [1.82, 2.24) is 9.62 Å². The average molecular weight is 872 g/mol. The third kappa shape index (κ3) is 57.5. The van der Waals surface area contributed by atoms with Crippen molar-refractivity contribution in [2.75, 3.05) is 39.6 Å². The highest BCUT2D eigenvalue weighted by atomic mass is 32.2. The Labute approximate surface area is 382 Å². The van der Waals surface area contributed by atoms with E-state index in [1.807, 2.05) is 26.2 Å². The SMILES string of the molecule is CC(C)(C)NSCCCN(CCCCCCCC=O)CCCCCCCC=O.CCCCCCCCC(CC)OC.CCCCCCCCC(CCCCCCCC)OC. The Balaban J connectivity index is -0.000000877. The van der Waals surface area contributed by atoms with Gasteiger partial charge in [-0.3, -0.25) is 4.72 Å². The Morgan fingerprint density at radius 1 is 0.467 bits per heavy atom. The summed E-state index contributed by atoms with van der Waals surface area (Å²) in [5.74, 6) is 1.16. The fraction of sp³-hybridized carbons (Fsp3) is 0.962. The van der Waals surface area contributed by atoms with Gasteiger partial charge in [-0.05, 0) is 98.2 Å². The summed E-state index contributed by atoms with van der Waals surface area (Å²) in [5, 5.41) is 0. The number of carbonyl (C=O) groups is 2. The summed E-state index contributed by atoms with van der Waals surface area (Å²) < 4.78 is 14.4. The van der Waals surface area contributed by atoms with Crippen LogP contribution in [0.4, 0.5) is 0 Å². The number of aldehydes is 2. The molecule has 0 saturated carbocycles. The molecule has 0 amide bonds. The molecule has 0 aromatic carbocycles. The second-order valence-corrected chi connectivity index (χ2v) is 19.5. The van der Waals surface area contributed by atoms with Gasteiger partial charge in [-0.25, -0.2) is 0 Å². The number of ether oxygens (including phenoxy) is 2. The summed E-state index contributed by atoms with van der Waals surface area (Å²) in [5.41, 5.74) is 0.179. The fourth-order valence-electron chi connectivity index (χ4n) is 7.48. The fourth-order valence-corrected chi connectivity index (χ4v) is 8.28. The normalized spacial score (nSPS) is 12.0. The van der Waals surface area contributed by atoms with Crippen LogP contribution in [0.15, 0.2) is 0 Å². The molecule has 1 N–H and O–H groups in total. The van der Waals surface area contributed by atoms with Gasteiger partial charge in [0, 0.05) is 38.4 Å². The average Bonchev–Trinajstić information content (AvgIpc) is 3.24. The Bertz CT molecular complexity index is 753. The molecule has 0 aliphatic carbocycles. The van der Waals surface area contributed by atoms with Gasteiger partial charge in [0.2, 0.25) is 0 Å². The van der Waals surface area contributed by atoms with E-state index in [-0.39, 0.29) is 5.54 Å². The lowest BCUT2D eigenvalue weighted by atomic mass is 10.0. The predicted octanol–water partition coefficient (Wildman–Crippen LogP) is 16.5. The smallest absolute Gasteiger partial charge is 0.119 e. The van der Waals surface area contributed by atoms with Crippen LogP contribution in [0.25, 0.3) is 0 Å². The molecular formula is C53H110N2O4S. The number of hydrogen-bond acceptors (Lipinski definition) is 7. The van der Waals surface area contributed by atoms with Crippen LogP contribution in [0.3, 0.4) is 0 Å². The molecule has 0 rings (SSSR count). The summed E-state index contributed by atoms with van der Waals surface area (Å²) in [6, 6.07) is 0. The van der Waals surface area contributed by atoms with Gasteiger partial charge in [0.05, 0.1) is 12.2 Å². The summed E-state index contributed by atoms with van der Waals surface area (Å²) in [6.45, 7) is 19.2. The molecule has 0 saturated heterocycles. The molecule has 0 spiro atoms. The van der Waals surface area contributed by atoms with Crippen molar-refractivity contribution in [1.29, 1.82) is 0 Å². The van der Waals surface area contributed by atoms with E-state index in [9.17, 15) is 9.59 Å². The highest BCUT2D eigenvalue weighted by Crippen LogP contribution is 2.17. The molecule has 362 valence electrons. The minimum Gasteiger partial charge on any atom is -0.381 e. The largest absolute Gasteiger partial charge is 0.381 e. The Kier molecular flexibility index (Phi) is 58.1. The van der Waals surface area contributed by atoms with Crippen LogP contribution in [0, 0.1) is 0 Å². The molecule has 60 heavy (non-hydrogen) atoms. The van der Waals surface area contributed by atoms with Crippen molar-refractivity contribution in [3.63, 3.8) is 0 Å². The van der Waals surface area contributed by atoms with Crippen LogP contribution >= 0.6 is 11.9 Å². The van der Waals surface area contributed by atoms with Crippen molar-refractivity contribution < 1.29 is 19.1 Å². The second kappa shape index (κ2) is 54.7. The number of carbonyl (C=O) groups excluding carboxylic acids is 2. The minimum atomic E-state index is 0.179. The van der Waals surface area contributed by atoms with Crippen molar-refractivity contribution in [2.45, 2.75) is 291 Å². The summed E-state index contributed by atoms with van der Waals surface area (Å²) in [6.07, 6.45) is 47.8. The van der Waals surface area contributed by atoms with Crippen molar-refractivity contribution in [3.05, 3.63) is 0 Å². The molecular weight excluding hydrogens is 761 g/mol. The molecule has 0 aliphatic heterocycles. The molecule has 6 nitrogen and oxygen atoms in total. The first-order valence-electron chi connectivity index (χ1n) is 26.2. The third-order valence-electron chi connectivity index (χ3n) is 11.5. The molecule has 1 unspecified atom stereocenters. The van der Waals surface area contributed by atoms with Crippen LogP contribution in [0.1, 0.15) is 273 Å². The zero-order chi connectivity index (χ0) is 45.1. The maximum atomic E-state index is 10.4. The number of nitrogens with one attached hydrogen (secondary N) is 1. The lowest BCUT2D eigenvalue weighted by Gasteiger charge is -2.23. The van der Waals surface area contributed by atoms with Crippen LogP contribution < -0.4 is 4.72 Å². The number of nitrogens with zero attached hydrogens (tertiary/aromatic N) is 1. The Hall–Kier alpha value is -0.470. The van der Waals surface area contributed by atoms with Crippen molar-refractivity contribution in [2.24, 2.45) is 0 Å². The number of unbranched alkanes of at least 4 members (excludes halogenated alkanes) is 25. The molecule has 0 aromatic heterocycles. The summed E-state index contributed by atoms with van der Waals surface area (Å²) in [4.78, 5) is 23.4. The van der Waals surface area contributed by atoms with Gasteiger partial charge < -0.3 is 24.0 Å². The van der Waals surface area contributed by atoms with Crippen molar-refractivity contribution >= 4 is 24.5 Å². The van der Waals surface area contributed by atoms with E-state index in [1.165, 1.54) is 212 Å². The second-order valence-electron chi connectivity index (χ2n) is 18.6. The lowest BCUT2D eigenvalue weighted by Crippen LogP contribution is -2.31. The van der Waals surface area contributed by atoms with Gasteiger partial charge in [-0.15, -0.1) is 0 Å². The van der Waals surface area contributed by atoms with Crippen LogP contribution in [-0.4, -0.2) is 74.8 Å². The standard InChI is InChI=1S/C23H46N2O2S.C18H38O.C12H26O/c1-23(2,3)24-28-22-16-19-25(17-12-8-4-6-10-14-20-26)18-13-9-5-7-11-15-21-27;1-4-6-8-10-12-14-16-18(19-3)17-15-13-11-9-7-5-2;1-4-6-7-8-9-10-11-12(5-2)13-3/h20-21,24H,4-19,22H2,1-3H3;18H,4-17H2,1-3H3;12H,4-11H2,1-3H3. The van der Waals surface area contributed by atoms with Gasteiger partial charge >= 0.3 is 0 Å². The van der Waals surface area contributed by atoms with E-state index in [4.69, 9.17) is 9.47 Å². The minimum absolute atomic E-state index is 0.179. The quantitative estimate of drug-likeness (QED) is 0.0371. The zero-order valence-corrected chi connectivity index (χ0v) is 43.2. The van der Waals surface area contributed by atoms with Gasteiger partial charge in [-0.1, -0.05) is 194 Å². The summed E-state index contributed by atoms with van der Waals surface area (Å²) >= 11 is 1.85. The number of methoxy groups -OCH3 is 2. The van der Waals surface area contributed by atoms with Crippen LogP contribution in [-0.2, 0) is 19.1 Å². The van der Waals surface area contributed by atoms with E-state index < -0.39 is 0 Å². The number of hydrogen-bond donors (Lipinski definition) is 1. The van der Waals surface area contributed by atoms with Gasteiger partial charge in [0.1, 0.15) is 12.6 Å².